The van der Waals surface area contributed by atoms with E-state index in [1.165, 1.54) is 11.1 Å². The van der Waals surface area contributed by atoms with Crippen molar-refractivity contribution >= 4 is 39.8 Å². The van der Waals surface area contributed by atoms with Crippen LogP contribution in [0.4, 0.5) is 0 Å². The molecule has 0 saturated heterocycles. The van der Waals surface area contributed by atoms with Crippen molar-refractivity contribution in [1.82, 2.24) is 4.98 Å². The summed E-state index contributed by atoms with van der Waals surface area (Å²) in [6, 6.07) is 38.9. The minimum atomic E-state index is -0.951. The molecule has 0 unspecified atom stereocenters. The highest BCUT2D eigenvalue weighted by molar-refractivity contribution is 6.01. The van der Waals surface area contributed by atoms with Crippen LogP contribution in [0.5, 0.6) is 5.75 Å². The maximum Gasteiger partial charge on any atom is 0.352 e. The van der Waals surface area contributed by atoms with Crippen molar-refractivity contribution < 1.29 is 14.6 Å². The molecule has 0 aliphatic carbocycles. The Balaban J connectivity index is 1.20. The average Bonchev–Trinajstić information content (AvgIpc) is 3.38. The van der Waals surface area contributed by atoms with Crippen LogP contribution >= 0.6 is 0 Å². The first-order valence-corrected chi connectivity index (χ1v) is 13.5. The molecule has 4 heteroatoms. The summed E-state index contributed by atoms with van der Waals surface area (Å²) >= 11 is 0. The van der Waals surface area contributed by atoms with E-state index < -0.39 is 5.97 Å². The second kappa shape index (κ2) is 11.3. The summed E-state index contributed by atoms with van der Waals surface area (Å²) in [6.45, 7) is 0.498. The standard InChI is InChI=1S/C36H29NO3/c38-36(39)35-32(16-8-24-40-33-17-7-12-28-11-4-5-14-30(28)33)31-15-6-13-29(34(31)37-35)23-20-25-18-21-27(22-19-25)26-9-2-1-3-10-26/h1-7,9-15,17-23,37H,8,16,24H2,(H,38,39)/b23-20+. The minimum absolute atomic E-state index is 0.244. The van der Waals surface area contributed by atoms with Crippen LogP contribution in [0.3, 0.4) is 0 Å². The second-order valence-electron chi connectivity index (χ2n) is 9.80. The fourth-order valence-electron chi connectivity index (χ4n) is 5.23. The van der Waals surface area contributed by atoms with Crippen LogP contribution in [-0.4, -0.2) is 22.7 Å². The van der Waals surface area contributed by atoms with Crippen molar-refractivity contribution in [1.29, 1.82) is 0 Å². The molecule has 0 aliphatic rings. The van der Waals surface area contributed by atoms with E-state index in [1.54, 1.807) is 0 Å². The van der Waals surface area contributed by atoms with E-state index in [1.807, 2.05) is 66.7 Å². The van der Waals surface area contributed by atoms with Crippen molar-refractivity contribution in [2.24, 2.45) is 0 Å². The Morgan fingerprint density at radius 1 is 0.725 bits per heavy atom. The van der Waals surface area contributed by atoms with Gasteiger partial charge in [-0.1, -0.05) is 121 Å². The molecule has 6 aromatic rings. The Hall–Kier alpha value is -5.09. The summed E-state index contributed by atoms with van der Waals surface area (Å²) < 4.78 is 6.11. The number of aromatic carboxylic acids is 1. The summed E-state index contributed by atoms with van der Waals surface area (Å²) in [5, 5.41) is 13.1. The predicted molar refractivity (Wildman–Crippen MR) is 164 cm³/mol. The third kappa shape index (κ3) is 5.25. The Kier molecular flexibility index (Phi) is 7.14. The number of aryl methyl sites for hydroxylation is 1. The van der Waals surface area contributed by atoms with E-state index in [2.05, 4.69) is 65.7 Å². The summed E-state index contributed by atoms with van der Waals surface area (Å²) in [6.07, 6.45) is 5.39. The fraction of sp³-hybridized carbons (Fsp3) is 0.0833. The molecule has 0 spiro atoms. The normalized spacial score (nSPS) is 11.4. The van der Waals surface area contributed by atoms with Crippen molar-refractivity contribution in [2.45, 2.75) is 12.8 Å². The number of hydrogen-bond donors (Lipinski definition) is 2. The first-order chi connectivity index (χ1) is 19.7. The topological polar surface area (TPSA) is 62.3 Å². The van der Waals surface area contributed by atoms with Crippen LogP contribution in [0.2, 0.25) is 0 Å². The monoisotopic (exact) mass is 523 g/mol. The number of fused-ring (bicyclic) bond motifs is 2. The van der Waals surface area contributed by atoms with Gasteiger partial charge in [-0.25, -0.2) is 4.79 Å². The molecule has 40 heavy (non-hydrogen) atoms. The van der Waals surface area contributed by atoms with Crippen LogP contribution in [0.25, 0.3) is 45.0 Å². The Labute approximate surface area is 233 Å². The quantitative estimate of drug-likeness (QED) is 0.147. The lowest BCUT2D eigenvalue weighted by atomic mass is 10.0. The van der Waals surface area contributed by atoms with Gasteiger partial charge in [-0.05, 0) is 52.1 Å². The number of para-hydroxylation sites is 1. The summed E-state index contributed by atoms with van der Waals surface area (Å²) in [5.41, 5.74) is 6.27. The van der Waals surface area contributed by atoms with E-state index in [9.17, 15) is 9.90 Å². The first-order valence-electron chi connectivity index (χ1n) is 13.5. The molecule has 5 aromatic carbocycles. The number of rotatable bonds is 9. The number of carboxylic acids is 1. The summed E-state index contributed by atoms with van der Waals surface area (Å²) in [7, 11) is 0. The van der Waals surface area contributed by atoms with Crippen molar-refractivity contribution in [3.63, 3.8) is 0 Å². The average molecular weight is 524 g/mol. The van der Waals surface area contributed by atoms with Crippen LogP contribution < -0.4 is 4.74 Å². The van der Waals surface area contributed by atoms with Gasteiger partial charge in [0.05, 0.1) is 12.1 Å². The Bertz CT molecular complexity index is 1810. The zero-order valence-electron chi connectivity index (χ0n) is 22.0. The van der Waals surface area contributed by atoms with Crippen LogP contribution in [-0.2, 0) is 6.42 Å². The molecule has 196 valence electrons. The summed E-state index contributed by atoms with van der Waals surface area (Å²) in [4.78, 5) is 15.3. The smallest absolute Gasteiger partial charge is 0.352 e. The largest absolute Gasteiger partial charge is 0.493 e. The number of aromatic amines is 1. The van der Waals surface area contributed by atoms with Gasteiger partial charge in [0.1, 0.15) is 11.4 Å². The molecule has 1 heterocycles. The Morgan fingerprint density at radius 2 is 1.43 bits per heavy atom. The number of aromatic nitrogens is 1. The lowest BCUT2D eigenvalue weighted by Crippen LogP contribution is -2.04. The summed E-state index contributed by atoms with van der Waals surface area (Å²) in [5.74, 6) is -0.104. The van der Waals surface area contributed by atoms with Crippen LogP contribution in [0.15, 0.2) is 115 Å². The first kappa shape index (κ1) is 25.2. The zero-order valence-corrected chi connectivity index (χ0v) is 22.0. The molecule has 0 amide bonds. The van der Waals surface area contributed by atoms with E-state index in [-0.39, 0.29) is 5.69 Å². The minimum Gasteiger partial charge on any atom is -0.493 e. The molecular formula is C36H29NO3. The van der Waals surface area contributed by atoms with E-state index in [4.69, 9.17) is 4.74 Å². The number of ether oxygens (including phenoxy) is 1. The SMILES string of the molecule is O=C(O)c1[nH]c2c(/C=C/c3ccc(-c4ccccc4)cc3)cccc2c1CCCOc1cccc2ccccc12. The lowest BCUT2D eigenvalue weighted by molar-refractivity contribution is 0.0690. The van der Waals surface area contributed by atoms with Gasteiger partial charge in [0.25, 0.3) is 0 Å². The van der Waals surface area contributed by atoms with Gasteiger partial charge < -0.3 is 14.8 Å². The zero-order chi connectivity index (χ0) is 27.3. The molecule has 0 fully saturated rings. The van der Waals surface area contributed by atoms with E-state index in [0.717, 1.165) is 44.1 Å². The van der Waals surface area contributed by atoms with Gasteiger partial charge in [0.15, 0.2) is 0 Å². The van der Waals surface area contributed by atoms with Crippen molar-refractivity contribution in [3.05, 3.63) is 138 Å². The van der Waals surface area contributed by atoms with Gasteiger partial charge in [0.2, 0.25) is 0 Å². The highest BCUT2D eigenvalue weighted by Crippen LogP contribution is 2.29. The number of H-pyrrole nitrogens is 1. The molecule has 4 nitrogen and oxygen atoms in total. The van der Waals surface area contributed by atoms with Gasteiger partial charge in [-0.3, -0.25) is 0 Å². The third-order valence-electron chi connectivity index (χ3n) is 7.24. The number of carbonyl (C=O) groups is 1. The van der Waals surface area contributed by atoms with Gasteiger partial charge in [-0.15, -0.1) is 0 Å². The highest BCUT2D eigenvalue weighted by atomic mass is 16.5. The maximum atomic E-state index is 12.2. The van der Waals surface area contributed by atoms with Crippen LogP contribution in [0, 0.1) is 0 Å². The fourth-order valence-corrected chi connectivity index (χ4v) is 5.23. The molecule has 0 aliphatic heterocycles. The molecule has 0 radical (unpaired) electrons. The number of hydrogen-bond acceptors (Lipinski definition) is 2. The predicted octanol–water partition coefficient (Wildman–Crippen LogP) is 8.87. The molecule has 6 rings (SSSR count). The molecular weight excluding hydrogens is 494 g/mol. The molecule has 1 aromatic heterocycles. The Morgan fingerprint density at radius 3 is 2.25 bits per heavy atom. The number of nitrogens with one attached hydrogen (secondary N) is 1. The number of carboxylic acid groups (broad SMARTS) is 1. The van der Waals surface area contributed by atoms with Crippen LogP contribution in [0.1, 0.15) is 33.6 Å². The maximum absolute atomic E-state index is 12.2. The molecule has 2 N–H and O–H groups in total. The highest BCUT2D eigenvalue weighted by Gasteiger charge is 2.18. The van der Waals surface area contributed by atoms with Gasteiger partial charge in [0, 0.05) is 10.8 Å². The molecule has 0 bridgehead atoms. The van der Waals surface area contributed by atoms with Gasteiger partial charge >= 0.3 is 5.97 Å². The third-order valence-corrected chi connectivity index (χ3v) is 7.24. The number of benzene rings is 5. The van der Waals surface area contributed by atoms with E-state index >= 15 is 0 Å². The van der Waals surface area contributed by atoms with E-state index in [0.29, 0.717) is 19.4 Å². The van der Waals surface area contributed by atoms with Crippen molar-refractivity contribution in [2.75, 3.05) is 6.61 Å². The molecule has 0 saturated carbocycles. The second-order valence-corrected chi connectivity index (χ2v) is 9.80. The molecule has 0 atom stereocenters. The lowest BCUT2D eigenvalue weighted by Gasteiger charge is -2.09. The van der Waals surface area contributed by atoms with Gasteiger partial charge in [-0.2, -0.15) is 0 Å². The van der Waals surface area contributed by atoms with Crippen molar-refractivity contribution in [3.8, 4) is 16.9 Å².